The van der Waals surface area contributed by atoms with Crippen LogP contribution in [-0.2, 0) is 0 Å². The molecule has 0 aromatic carbocycles. The molecule has 0 bridgehead atoms. The number of carbonyl (C=O) groups is 1. The van der Waals surface area contributed by atoms with Crippen LogP contribution in [0, 0.1) is 0 Å². The minimum absolute atomic E-state index is 0.110. The van der Waals surface area contributed by atoms with Crippen molar-refractivity contribution in [3.05, 3.63) is 11.9 Å². The van der Waals surface area contributed by atoms with Crippen LogP contribution in [0.25, 0.3) is 0 Å². The highest BCUT2D eigenvalue weighted by Crippen LogP contribution is 2.25. The molecule has 0 saturated carbocycles. The molecule has 1 atom stereocenters. The standard InChI is InChI=1S/C11H17N5OS/c17-11(13-6-9-2-1-3-18-9)10-7-16(15-14-10)8-4-12-5-8/h7-9,12H,1-6H2,(H,13,17). The highest BCUT2D eigenvalue weighted by Gasteiger charge is 2.22. The Morgan fingerprint density at radius 3 is 3.17 bits per heavy atom. The molecule has 6 nitrogen and oxygen atoms in total. The van der Waals surface area contributed by atoms with Gasteiger partial charge in [0.2, 0.25) is 0 Å². The molecule has 1 unspecified atom stereocenters. The van der Waals surface area contributed by atoms with Crippen LogP contribution in [0.5, 0.6) is 0 Å². The zero-order chi connectivity index (χ0) is 12.4. The van der Waals surface area contributed by atoms with Gasteiger partial charge in [-0.1, -0.05) is 5.21 Å². The lowest BCUT2D eigenvalue weighted by molar-refractivity contribution is 0.0948. The number of amides is 1. The number of thioether (sulfide) groups is 1. The van der Waals surface area contributed by atoms with Gasteiger partial charge in [-0.2, -0.15) is 11.8 Å². The van der Waals surface area contributed by atoms with Gasteiger partial charge >= 0.3 is 0 Å². The van der Waals surface area contributed by atoms with Gasteiger partial charge in [0.15, 0.2) is 5.69 Å². The van der Waals surface area contributed by atoms with Gasteiger partial charge in [-0.15, -0.1) is 5.10 Å². The van der Waals surface area contributed by atoms with Crippen molar-refractivity contribution < 1.29 is 4.79 Å². The monoisotopic (exact) mass is 267 g/mol. The summed E-state index contributed by atoms with van der Waals surface area (Å²) in [5.41, 5.74) is 0.421. The molecule has 98 valence electrons. The van der Waals surface area contributed by atoms with E-state index in [1.54, 1.807) is 10.9 Å². The van der Waals surface area contributed by atoms with Crippen molar-refractivity contribution in [1.82, 2.24) is 25.6 Å². The fourth-order valence-electron chi connectivity index (χ4n) is 2.12. The number of carbonyl (C=O) groups excluding carboxylic acids is 1. The highest BCUT2D eigenvalue weighted by atomic mass is 32.2. The summed E-state index contributed by atoms with van der Waals surface area (Å²) in [6, 6.07) is 0.351. The summed E-state index contributed by atoms with van der Waals surface area (Å²) < 4.78 is 1.77. The minimum atomic E-state index is -0.110. The molecule has 2 aliphatic rings. The average Bonchev–Trinajstić information content (AvgIpc) is 2.94. The third-order valence-corrected chi connectivity index (χ3v) is 4.79. The second-order valence-electron chi connectivity index (χ2n) is 4.74. The third kappa shape index (κ3) is 2.51. The van der Waals surface area contributed by atoms with Crippen LogP contribution in [0.4, 0.5) is 0 Å². The van der Waals surface area contributed by atoms with E-state index in [9.17, 15) is 4.79 Å². The van der Waals surface area contributed by atoms with E-state index in [-0.39, 0.29) is 5.91 Å². The molecule has 2 N–H and O–H groups in total. The lowest BCUT2D eigenvalue weighted by Gasteiger charge is -2.26. The second-order valence-corrected chi connectivity index (χ2v) is 6.15. The summed E-state index contributed by atoms with van der Waals surface area (Å²) in [7, 11) is 0. The Morgan fingerprint density at radius 1 is 1.61 bits per heavy atom. The van der Waals surface area contributed by atoms with E-state index in [1.807, 2.05) is 11.8 Å². The molecule has 3 heterocycles. The Bertz CT molecular complexity index is 425. The Hall–Kier alpha value is -1.08. The van der Waals surface area contributed by atoms with Gasteiger partial charge in [0, 0.05) is 24.9 Å². The van der Waals surface area contributed by atoms with E-state index < -0.39 is 0 Å². The summed E-state index contributed by atoms with van der Waals surface area (Å²) in [5, 5.41) is 14.6. The summed E-state index contributed by atoms with van der Waals surface area (Å²) >= 11 is 1.94. The van der Waals surface area contributed by atoms with E-state index >= 15 is 0 Å². The predicted molar refractivity (Wildman–Crippen MR) is 69.7 cm³/mol. The van der Waals surface area contributed by atoms with Crippen molar-refractivity contribution in [3.63, 3.8) is 0 Å². The molecule has 1 amide bonds. The first kappa shape index (κ1) is 12.0. The quantitative estimate of drug-likeness (QED) is 0.806. The zero-order valence-corrected chi connectivity index (χ0v) is 10.9. The first-order valence-corrected chi connectivity index (χ1v) is 7.40. The van der Waals surface area contributed by atoms with Gasteiger partial charge in [-0.3, -0.25) is 4.79 Å². The molecule has 3 rings (SSSR count). The predicted octanol–water partition coefficient (Wildman–Crippen LogP) is 0.0478. The number of hydrogen-bond acceptors (Lipinski definition) is 5. The van der Waals surface area contributed by atoms with Gasteiger partial charge < -0.3 is 10.6 Å². The smallest absolute Gasteiger partial charge is 0.273 e. The number of aromatic nitrogens is 3. The van der Waals surface area contributed by atoms with Gasteiger partial charge in [-0.05, 0) is 18.6 Å². The largest absolute Gasteiger partial charge is 0.349 e. The van der Waals surface area contributed by atoms with Gasteiger partial charge in [-0.25, -0.2) is 4.68 Å². The minimum Gasteiger partial charge on any atom is -0.349 e. The highest BCUT2D eigenvalue weighted by molar-refractivity contribution is 8.00. The Kier molecular flexibility index (Phi) is 3.51. The first-order chi connectivity index (χ1) is 8.83. The molecule has 0 spiro atoms. The molecule has 0 radical (unpaired) electrons. The van der Waals surface area contributed by atoms with E-state index in [0.717, 1.165) is 19.6 Å². The van der Waals surface area contributed by atoms with Crippen LogP contribution >= 0.6 is 11.8 Å². The summed E-state index contributed by atoms with van der Waals surface area (Å²) in [6.07, 6.45) is 4.20. The topological polar surface area (TPSA) is 71.8 Å². The number of nitrogens with zero attached hydrogens (tertiary/aromatic N) is 3. The second kappa shape index (κ2) is 5.27. The lowest BCUT2D eigenvalue weighted by atomic mass is 10.2. The number of nitrogens with one attached hydrogen (secondary N) is 2. The van der Waals surface area contributed by atoms with Crippen molar-refractivity contribution in [3.8, 4) is 0 Å². The molecule has 2 aliphatic heterocycles. The fourth-order valence-corrected chi connectivity index (χ4v) is 3.32. The molecular formula is C11H17N5OS. The van der Waals surface area contributed by atoms with E-state index in [4.69, 9.17) is 0 Å². The molecule has 2 saturated heterocycles. The van der Waals surface area contributed by atoms with E-state index in [0.29, 0.717) is 17.0 Å². The maximum absolute atomic E-state index is 11.9. The fraction of sp³-hybridized carbons (Fsp3) is 0.727. The van der Waals surface area contributed by atoms with Gasteiger partial charge in [0.1, 0.15) is 0 Å². The average molecular weight is 267 g/mol. The Labute approximate surface area is 110 Å². The zero-order valence-electron chi connectivity index (χ0n) is 10.1. The van der Waals surface area contributed by atoms with Gasteiger partial charge in [0.05, 0.1) is 12.2 Å². The van der Waals surface area contributed by atoms with E-state index in [2.05, 4.69) is 20.9 Å². The van der Waals surface area contributed by atoms with Crippen molar-refractivity contribution in [2.75, 3.05) is 25.4 Å². The third-order valence-electron chi connectivity index (χ3n) is 3.39. The maximum atomic E-state index is 11.9. The van der Waals surface area contributed by atoms with Crippen molar-refractivity contribution in [2.24, 2.45) is 0 Å². The molecular weight excluding hydrogens is 250 g/mol. The number of hydrogen-bond donors (Lipinski definition) is 2. The SMILES string of the molecule is O=C(NCC1CCCS1)c1cn(C2CNC2)nn1. The van der Waals surface area contributed by atoms with Crippen molar-refractivity contribution >= 4 is 17.7 Å². The number of rotatable bonds is 4. The van der Waals surface area contributed by atoms with Crippen LogP contribution in [0.2, 0.25) is 0 Å². The lowest BCUT2D eigenvalue weighted by Crippen LogP contribution is -2.43. The summed E-state index contributed by atoms with van der Waals surface area (Å²) in [4.78, 5) is 11.9. The molecule has 1 aromatic heterocycles. The maximum Gasteiger partial charge on any atom is 0.273 e. The van der Waals surface area contributed by atoms with Crippen LogP contribution in [0.15, 0.2) is 6.20 Å². The van der Waals surface area contributed by atoms with Crippen LogP contribution in [-0.4, -0.2) is 51.5 Å². The Balaban J connectivity index is 1.52. The van der Waals surface area contributed by atoms with Crippen LogP contribution in [0.3, 0.4) is 0 Å². The molecule has 0 aliphatic carbocycles. The summed E-state index contributed by atoms with van der Waals surface area (Å²) in [5.74, 6) is 1.10. The van der Waals surface area contributed by atoms with Gasteiger partial charge in [0.25, 0.3) is 5.91 Å². The van der Waals surface area contributed by atoms with Crippen molar-refractivity contribution in [1.29, 1.82) is 0 Å². The van der Waals surface area contributed by atoms with E-state index in [1.165, 1.54) is 18.6 Å². The first-order valence-electron chi connectivity index (χ1n) is 6.35. The molecule has 18 heavy (non-hydrogen) atoms. The Morgan fingerprint density at radius 2 is 2.50 bits per heavy atom. The van der Waals surface area contributed by atoms with Crippen molar-refractivity contribution in [2.45, 2.75) is 24.1 Å². The van der Waals surface area contributed by atoms with Crippen LogP contribution in [0.1, 0.15) is 29.4 Å². The summed E-state index contributed by atoms with van der Waals surface area (Å²) in [6.45, 7) is 2.55. The van der Waals surface area contributed by atoms with Crippen LogP contribution < -0.4 is 10.6 Å². The molecule has 2 fully saturated rings. The molecule has 1 aromatic rings. The molecule has 7 heteroatoms. The normalized spacial score (nSPS) is 23.9.